The summed E-state index contributed by atoms with van der Waals surface area (Å²) >= 11 is 1.08. The molecule has 0 aliphatic rings. The lowest BCUT2D eigenvalue weighted by Crippen LogP contribution is -2.28. The van der Waals surface area contributed by atoms with Crippen molar-refractivity contribution in [3.8, 4) is 5.75 Å². The first-order chi connectivity index (χ1) is 13.3. The van der Waals surface area contributed by atoms with E-state index < -0.39 is 15.9 Å². The van der Waals surface area contributed by atoms with E-state index in [1.54, 1.807) is 49.6 Å². The van der Waals surface area contributed by atoms with Crippen molar-refractivity contribution in [2.45, 2.75) is 25.7 Å². The first-order valence-electron chi connectivity index (χ1n) is 8.63. The average molecular weight is 420 g/mol. The predicted molar refractivity (Wildman–Crippen MR) is 109 cm³/mol. The van der Waals surface area contributed by atoms with Crippen LogP contribution >= 0.6 is 11.3 Å². The van der Waals surface area contributed by atoms with Gasteiger partial charge in [-0.3, -0.25) is 9.10 Å². The van der Waals surface area contributed by atoms with Gasteiger partial charge in [-0.25, -0.2) is 13.1 Å². The highest BCUT2D eigenvalue weighted by Gasteiger charge is 2.29. The van der Waals surface area contributed by atoms with Gasteiger partial charge < -0.3 is 4.74 Å². The summed E-state index contributed by atoms with van der Waals surface area (Å²) in [5.74, 6) is 0.201. The molecule has 0 fully saturated rings. The van der Waals surface area contributed by atoms with Gasteiger partial charge in [-0.2, -0.15) is 5.10 Å². The van der Waals surface area contributed by atoms with Gasteiger partial charge >= 0.3 is 0 Å². The van der Waals surface area contributed by atoms with E-state index in [1.807, 2.05) is 6.92 Å². The summed E-state index contributed by atoms with van der Waals surface area (Å²) in [5, 5.41) is 5.77. The molecule has 0 amide bonds. The first-order valence-corrected chi connectivity index (χ1v) is 10.9. The summed E-state index contributed by atoms with van der Waals surface area (Å²) in [7, 11) is -2.46. The number of hydrogen-bond acceptors (Lipinski definition) is 6. The van der Waals surface area contributed by atoms with Gasteiger partial charge in [0.15, 0.2) is 0 Å². The summed E-state index contributed by atoms with van der Waals surface area (Å²) in [4.78, 5) is 13.0. The number of aryl methyl sites for hydroxylation is 2. The highest BCUT2D eigenvalue weighted by molar-refractivity contribution is 7.93. The highest BCUT2D eigenvalue weighted by Crippen LogP contribution is 2.29. The number of sulfonamides is 1. The van der Waals surface area contributed by atoms with Gasteiger partial charge in [-0.1, -0.05) is 0 Å². The second-order valence-corrected chi connectivity index (χ2v) is 9.01. The number of hydrogen-bond donors (Lipinski definition) is 0. The number of anilines is 1. The maximum Gasteiger partial charge on any atom is 0.289 e. The molecule has 3 rings (SSSR count). The lowest BCUT2D eigenvalue weighted by atomic mass is 10.3. The molecule has 148 valence electrons. The maximum absolute atomic E-state index is 13.2. The zero-order valence-electron chi connectivity index (χ0n) is 16.0. The smallest absolute Gasteiger partial charge is 0.289 e. The molecule has 1 aromatic carbocycles. The van der Waals surface area contributed by atoms with E-state index in [2.05, 4.69) is 5.10 Å². The SMILES string of the molecule is CCOc1ccc(N(C)S(=O)(=O)c2ccsc2C(=O)n2nc(C)cc2C)cc1. The minimum Gasteiger partial charge on any atom is -0.494 e. The van der Waals surface area contributed by atoms with Crippen LogP contribution in [0.25, 0.3) is 0 Å². The zero-order chi connectivity index (χ0) is 20.5. The van der Waals surface area contributed by atoms with Crippen LogP contribution in [-0.4, -0.2) is 37.8 Å². The van der Waals surface area contributed by atoms with E-state index in [0.29, 0.717) is 29.4 Å². The van der Waals surface area contributed by atoms with Crippen LogP contribution in [0, 0.1) is 13.8 Å². The Kier molecular flexibility index (Phi) is 5.57. The number of carbonyl (C=O) groups excluding carboxylic acids is 1. The fourth-order valence-corrected chi connectivity index (χ4v) is 5.31. The minimum absolute atomic E-state index is 0.0357. The average Bonchev–Trinajstić information content (AvgIpc) is 3.28. The number of ether oxygens (including phenoxy) is 1. The standard InChI is InChI=1S/C19H21N3O4S2/c1-5-26-16-8-6-15(7-9-16)21(4)28(24,25)17-10-11-27-18(17)19(23)22-14(3)12-13(2)20-22/h6-12H,5H2,1-4H3. The summed E-state index contributed by atoms with van der Waals surface area (Å²) in [5.41, 5.74) is 1.82. The molecule has 3 aromatic rings. The Bertz CT molecular complexity index is 1100. The Morgan fingerprint density at radius 1 is 1.21 bits per heavy atom. The van der Waals surface area contributed by atoms with Crippen LogP contribution in [-0.2, 0) is 10.0 Å². The second-order valence-electron chi connectivity index (χ2n) is 6.16. The third kappa shape index (κ3) is 3.67. The molecule has 7 nitrogen and oxygen atoms in total. The van der Waals surface area contributed by atoms with Gasteiger partial charge in [0.2, 0.25) is 0 Å². The molecule has 0 spiro atoms. The number of benzene rings is 1. The number of thiophene rings is 1. The molecule has 2 aromatic heterocycles. The van der Waals surface area contributed by atoms with Crippen molar-refractivity contribution in [3.05, 3.63) is 58.0 Å². The number of carbonyl (C=O) groups is 1. The molecule has 28 heavy (non-hydrogen) atoms. The summed E-state index contributed by atoms with van der Waals surface area (Å²) in [6, 6.07) is 9.96. The van der Waals surface area contributed by atoms with Crippen LogP contribution < -0.4 is 9.04 Å². The highest BCUT2D eigenvalue weighted by atomic mass is 32.2. The normalized spacial score (nSPS) is 11.4. The molecular formula is C19H21N3O4S2. The third-order valence-electron chi connectivity index (χ3n) is 4.18. The van der Waals surface area contributed by atoms with Crippen LogP contribution in [0.4, 0.5) is 5.69 Å². The van der Waals surface area contributed by atoms with Crippen LogP contribution in [0.1, 0.15) is 28.0 Å². The van der Waals surface area contributed by atoms with Crippen molar-refractivity contribution < 1.29 is 17.9 Å². The third-order valence-corrected chi connectivity index (χ3v) is 7.03. The van der Waals surface area contributed by atoms with Crippen LogP contribution in [0.5, 0.6) is 5.75 Å². The Labute approximate surface area is 168 Å². The van der Waals surface area contributed by atoms with Crippen molar-refractivity contribution in [2.24, 2.45) is 0 Å². The van der Waals surface area contributed by atoms with Gasteiger partial charge in [0, 0.05) is 12.7 Å². The van der Waals surface area contributed by atoms with E-state index in [-0.39, 0.29) is 9.77 Å². The summed E-state index contributed by atoms with van der Waals surface area (Å²) < 4.78 is 34.1. The Hall–Kier alpha value is -2.65. The topological polar surface area (TPSA) is 81.5 Å². The lowest BCUT2D eigenvalue weighted by Gasteiger charge is -2.20. The first kappa shape index (κ1) is 20.1. The van der Waals surface area contributed by atoms with Gasteiger partial charge in [0.25, 0.3) is 15.9 Å². The molecule has 0 atom stereocenters. The molecule has 0 bridgehead atoms. The minimum atomic E-state index is -3.92. The van der Waals surface area contributed by atoms with Gasteiger partial charge in [-0.05, 0) is 62.5 Å². The van der Waals surface area contributed by atoms with E-state index in [4.69, 9.17) is 4.74 Å². The second kappa shape index (κ2) is 7.76. The van der Waals surface area contributed by atoms with Crippen molar-refractivity contribution >= 4 is 33.0 Å². The van der Waals surface area contributed by atoms with Crippen LogP contribution in [0.3, 0.4) is 0 Å². The van der Waals surface area contributed by atoms with Gasteiger partial charge in [0.1, 0.15) is 15.5 Å². The van der Waals surface area contributed by atoms with Crippen LogP contribution in [0.15, 0.2) is 46.7 Å². The maximum atomic E-state index is 13.2. The van der Waals surface area contributed by atoms with Crippen LogP contribution in [0.2, 0.25) is 0 Å². The van der Waals surface area contributed by atoms with E-state index in [1.165, 1.54) is 17.8 Å². The van der Waals surface area contributed by atoms with Gasteiger partial charge in [-0.15, -0.1) is 11.3 Å². The molecule has 0 N–H and O–H groups in total. The van der Waals surface area contributed by atoms with E-state index in [0.717, 1.165) is 15.6 Å². The fraction of sp³-hybridized carbons (Fsp3) is 0.263. The largest absolute Gasteiger partial charge is 0.494 e. The summed E-state index contributed by atoms with van der Waals surface area (Å²) in [6.45, 7) is 5.94. The molecule has 0 aliphatic carbocycles. The predicted octanol–water partition coefficient (Wildman–Crippen LogP) is 3.47. The molecule has 2 heterocycles. The van der Waals surface area contributed by atoms with Gasteiger partial charge in [0.05, 0.1) is 18.0 Å². The molecule has 0 saturated carbocycles. The molecule has 0 unspecified atom stereocenters. The van der Waals surface area contributed by atoms with Crippen molar-refractivity contribution in [1.82, 2.24) is 9.78 Å². The van der Waals surface area contributed by atoms with E-state index >= 15 is 0 Å². The molecule has 0 aliphatic heterocycles. The van der Waals surface area contributed by atoms with Crippen molar-refractivity contribution in [2.75, 3.05) is 18.0 Å². The number of nitrogens with zero attached hydrogens (tertiary/aromatic N) is 3. The Morgan fingerprint density at radius 3 is 2.46 bits per heavy atom. The van der Waals surface area contributed by atoms with Crippen molar-refractivity contribution in [1.29, 1.82) is 0 Å². The Morgan fingerprint density at radius 2 is 1.89 bits per heavy atom. The number of rotatable bonds is 6. The quantitative estimate of drug-likeness (QED) is 0.611. The van der Waals surface area contributed by atoms with Crippen molar-refractivity contribution in [3.63, 3.8) is 0 Å². The lowest BCUT2D eigenvalue weighted by molar-refractivity contribution is 0.0943. The monoisotopic (exact) mass is 419 g/mol. The van der Waals surface area contributed by atoms with E-state index in [9.17, 15) is 13.2 Å². The molecule has 0 radical (unpaired) electrons. The molecular weight excluding hydrogens is 398 g/mol. The zero-order valence-corrected chi connectivity index (χ0v) is 17.7. The summed E-state index contributed by atoms with van der Waals surface area (Å²) in [6.07, 6.45) is 0. The molecule has 0 saturated heterocycles. The molecule has 9 heteroatoms. The number of aromatic nitrogens is 2. The Balaban J connectivity index is 1.96. The fourth-order valence-electron chi connectivity index (χ4n) is 2.79.